The number of thiazole rings is 1. The summed E-state index contributed by atoms with van der Waals surface area (Å²) in [6.07, 6.45) is 1.40. The van der Waals surface area contributed by atoms with Gasteiger partial charge in [0.1, 0.15) is 9.90 Å². The lowest BCUT2D eigenvalue weighted by atomic mass is 10.2. The number of nitrogens with one attached hydrogen (secondary N) is 1. The zero-order valence-corrected chi connectivity index (χ0v) is 18.9. The van der Waals surface area contributed by atoms with Crippen molar-refractivity contribution in [3.8, 4) is 10.6 Å². The summed E-state index contributed by atoms with van der Waals surface area (Å²) in [5.74, 6) is 0. The number of aryl methyl sites for hydroxylation is 1. The van der Waals surface area contributed by atoms with Crippen molar-refractivity contribution in [3.63, 3.8) is 0 Å². The predicted octanol–water partition coefficient (Wildman–Crippen LogP) is 3.70. The van der Waals surface area contributed by atoms with Gasteiger partial charge in [0, 0.05) is 30.2 Å². The molecule has 1 heterocycles. The van der Waals surface area contributed by atoms with E-state index in [1.165, 1.54) is 29.0 Å². The molecule has 0 spiro atoms. The summed E-state index contributed by atoms with van der Waals surface area (Å²) >= 11 is 7.48. The van der Waals surface area contributed by atoms with Gasteiger partial charge in [0.25, 0.3) is 0 Å². The Morgan fingerprint density at radius 3 is 2.41 bits per heavy atom. The minimum absolute atomic E-state index is 0.0415. The number of sulfonamides is 1. The zero-order chi connectivity index (χ0) is 21.2. The van der Waals surface area contributed by atoms with Crippen molar-refractivity contribution in [2.75, 3.05) is 12.8 Å². The van der Waals surface area contributed by atoms with E-state index in [0.29, 0.717) is 6.42 Å². The average molecular weight is 471 g/mol. The number of hydrogen-bond donors (Lipinski definition) is 1. The maximum Gasteiger partial charge on any atom is 0.242 e. The van der Waals surface area contributed by atoms with Gasteiger partial charge in [-0.2, -0.15) is 0 Å². The first-order valence-electron chi connectivity index (χ1n) is 8.57. The second-order valence-corrected chi connectivity index (χ2v) is 11.5. The smallest absolute Gasteiger partial charge is 0.241 e. The molecule has 0 unspecified atom stereocenters. The standard InChI is InChI=1S/C19H19ClN2O4S3/c1-13-3-5-14(6-4-13)19-22-15(12-27-19)9-10-21-29(25,26)18-11-16(28(2,23)24)7-8-17(18)20/h3-8,11-12,21H,9-10H2,1-2H3. The van der Waals surface area contributed by atoms with Crippen LogP contribution in [0, 0.1) is 6.92 Å². The molecule has 0 amide bonds. The third-order valence-corrected chi connectivity index (χ3v) is 8.14. The number of nitrogens with zero attached hydrogens (tertiary/aromatic N) is 1. The minimum atomic E-state index is -3.96. The van der Waals surface area contributed by atoms with Gasteiger partial charge in [-0.25, -0.2) is 26.5 Å². The second kappa shape index (κ2) is 8.53. The van der Waals surface area contributed by atoms with Gasteiger partial charge in [-0.1, -0.05) is 41.4 Å². The van der Waals surface area contributed by atoms with Crippen LogP contribution in [-0.4, -0.2) is 34.6 Å². The monoisotopic (exact) mass is 470 g/mol. The van der Waals surface area contributed by atoms with Crippen LogP contribution in [0.4, 0.5) is 0 Å². The van der Waals surface area contributed by atoms with Gasteiger partial charge in [0.2, 0.25) is 10.0 Å². The molecule has 154 valence electrons. The molecule has 0 radical (unpaired) electrons. The molecule has 0 atom stereocenters. The van der Waals surface area contributed by atoms with Crippen LogP contribution >= 0.6 is 22.9 Å². The summed E-state index contributed by atoms with van der Waals surface area (Å²) in [6, 6.07) is 11.6. The zero-order valence-electron chi connectivity index (χ0n) is 15.7. The Morgan fingerprint density at radius 2 is 1.76 bits per heavy atom. The summed E-state index contributed by atoms with van der Waals surface area (Å²) < 4.78 is 51.0. The van der Waals surface area contributed by atoms with Crippen LogP contribution in [0.2, 0.25) is 5.02 Å². The molecule has 3 rings (SSSR count). The van der Waals surface area contributed by atoms with Gasteiger partial charge in [0.05, 0.1) is 15.6 Å². The van der Waals surface area contributed by atoms with Crippen molar-refractivity contribution < 1.29 is 16.8 Å². The van der Waals surface area contributed by atoms with Crippen LogP contribution < -0.4 is 4.72 Å². The summed E-state index contributed by atoms with van der Waals surface area (Å²) in [4.78, 5) is 4.17. The molecule has 29 heavy (non-hydrogen) atoms. The van der Waals surface area contributed by atoms with Crippen LogP contribution in [0.15, 0.2) is 57.6 Å². The molecule has 0 fully saturated rings. The Bertz CT molecular complexity index is 1230. The van der Waals surface area contributed by atoms with Crippen LogP contribution in [-0.2, 0) is 26.3 Å². The van der Waals surface area contributed by atoms with Crippen LogP contribution in [0.25, 0.3) is 10.6 Å². The molecule has 3 aromatic rings. The molecule has 1 N–H and O–H groups in total. The molecule has 0 aliphatic heterocycles. The number of hydrogen-bond acceptors (Lipinski definition) is 6. The summed E-state index contributed by atoms with van der Waals surface area (Å²) in [5, 5.41) is 2.72. The fourth-order valence-corrected chi connectivity index (χ4v) is 5.70. The van der Waals surface area contributed by atoms with Crippen molar-refractivity contribution in [3.05, 3.63) is 64.1 Å². The largest absolute Gasteiger partial charge is 0.242 e. The van der Waals surface area contributed by atoms with E-state index in [0.717, 1.165) is 28.6 Å². The Hall–Kier alpha value is -1.78. The van der Waals surface area contributed by atoms with Crippen LogP contribution in [0.1, 0.15) is 11.3 Å². The van der Waals surface area contributed by atoms with Gasteiger partial charge < -0.3 is 0 Å². The summed E-state index contributed by atoms with van der Waals surface area (Å²) in [6.45, 7) is 2.12. The fraction of sp³-hybridized carbons (Fsp3) is 0.211. The molecule has 0 aliphatic carbocycles. The number of rotatable bonds is 7. The van der Waals surface area contributed by atoms with Crippen molar-refractivity contribution in [1.82, 2.24) is 9.71 Å². The van der Waals surface area contributed by atoms with Crippen molar-refractivity contribution in [1.29, 1.82) is 0 Å². The molecular weight excluding hydrogens is 452 g/mol. The molecule has 0 saturated carbocycles. The van der Waals surface area contributed by atoms with Gasteiger partial charge in [0.15, 0.2) is 9.84 Å². The maximum absolute atomic E-state index is 12.6. The first-order chi connectivity index (χ1) is 13.6. The lowest BCUT2D eigenvalue weighted by molar-refractivity contribution is 0.581. The number of benzene rings is 2. The molecule has 0 saturated heterocycles. The highest BCUT2D eigenvalue weighted by molar-refractivity contribution is 7.91. The van der Waals surface area contributed by atoms with E-state index in [4.69, 9.17) is 11.6 Å². The average Bonchev–Trinajstić information content (AvgIpc) is 3.10. The third-order valence-electron chi connectivity index (χ3n) is 4.14. The van der Waals surface area contributed by atoms with Gasteiger partial charge in [-0.3, -0.25) is 0 Å². The van der Waals surface area contributed by atoms with Gasteiger partial charge in [-0.15, -0.1) is 11.3 Å². The van der Waals surface area contributed by atoms with E-state index >= 15 is 0 Å². The lowest BCUT2D eigenvalue weighted by Crippen LogP contribution is -2.26. The van der Waals surface area contributed by atoms with E-state index in [9.17, 15) is 16.8 Å². The quantitative estimate of drug-likeness (QED) is 0.568. The topological polar surface area (TPSA) is 93.2 Å². The minimum Gasteiger partial charge on any atom is -0.241 e. The highest BCUT2D eigenvalue weighted by atomic mass is 35.5. The van der Waals surface area contributed by atoms with Crippen molar-refractivity contribution in [2.24, 2.45) is 0 Å². The molecule has 2 aromatic carbocycles. The van der Waals surface area contributed by atoms with Crippen molar-refractivity contribution in [2.45, 2.75) is 23.1 Å². The normalized spacial score (nSPS) is 12.2. The highest BCUT2D eigenvalue weighted by Crippen LogP contribution is 2.26. The number of sulfone groups is 1. The SMILES string of the molecule is Cc1ccc(-c2nc(CCNS(=O)(=O)c3cc(S(C)(=O)=O)ccc3Cl)cs2)cc1. The molecule has 6 nitrogen and oxygen atoms in total. The van der Waals surface area contributed by atoms with E-state index in [1.54, 1.807) is 0 Å². The first-order valence-corrected chi connectivity index (χ1v) is 13.2. The summed E-state index contributed by atoms with van der Waals surface area (Å²) in [7, 11) is -7.52. The van der Waals surface area contributed by atoms with E-state index in [-0.39, 0.29) is 21.4 Å². The Labute approximate surface area is 179 Å². The summed E-state index contributed by atoms with van der Waals surface area (Å²) in [5.41, 5.74) is 2.94. The maximum atomic E-state index is 12.6. The highest BCUT2D eigenvalue weighted by Gasteiger charge is 2.20. The molecular formula is C19H19ClN2O4S3. The number of halogens is 1. The predicted molar refractivity (Wildman–Crippen MR) is 116 cm³/mol. The van der Waals surface area contributed by atoms with Crippen LogP contribution in [0.5, 0.6) is 0 Å². The van der Waals surface area contributed by atoms with Crippen LogP contribution in [0.3, 0.4) is 0 Å². The lowest BCUT2D eigenvalue weighted by Gasteiger charge is -2.09. The Kier molecular flexibility index (Phi) is 6.45. The molecule has 1 aromatic heterocycles. The molecule has 0 bridgehead atoms. The van der Waals surface area contributed by atoms with E-state index < -0.39 is 19.9 Å². The second-order valence-electron chi connectivity index (χ2n) is 6.52. The first kappa shape index (κ1) is 21.9. The van der Waals surface area contributed by atoms with E-state index in [1.807, 2.05) is 36.6 Å². The fourth-order valence-electron chi connectivity index (χ4n) is 2.56. The van der Waals surface area contributed by atoms with E-state index in [2.05, 4.69) is 9.71 Å². The Balaban J connectivity index is 1.70. The Morgan fingerprint density at radius 1 is 1.07 bits per heavy atom. The molecule has 10 heteroatoms. The van der Waals surface area contributed by atoms with Gasteiger partial charge >= 0.3 is 0 Å². The molecule has 0 aliphatic rings. The number of aromatic nitrogens is 1. The van der Waals surface area contributed by atoms with Crippen molar-refractivity contribution >= 4 is 42.8 Å². The van der Waals surface area contributed by atoms with Gasteiger partial charge in [-0.05, 0) is 25.1 Å². The third kappa shape index (κ3) is 5.43.